The molecule has 100 valence electrons. The van der Waals surface area contributed by atoms with Gasteiger partial charge in [0.1, 0.15) is 0 Å². The van der Waals surface area contributed by atoms with Gasteiger partial charge in [0.05, 0.1) is 11.6 Å². The minimum atomic E-state index is -0.126. The van der Waals surface area contributed by atoms with Crippen LogP contribution in [0.3, 0.4) is 0 Å². The second-order valence-electron chi connectivity index (χ2n) is 5.57. The van der Waals surface area contributed by atoms with Crippen molar-refractivity contribution in [1.29, 1.82) is 0 Å². The SMILES string of the molecule is CC1(c2nc(CC3CCCCO3)no2)CCCN1. The summed E-state index contributed by atoms with van der Waals surface area (Å²) in [7, 11) is 0. The van der Waals surface area contributed by atoms with Crippen LogP contribution in [0.15, 0.2) is 4.52 Å². The Morgan fingerprint density at radius 3 is 3.06 bits per heavy atom. The first-order chi connectivity index (χ1) is 8.76. The molecule has 0 saturated carbocycles. The van der Waals surface area contributed by atoms with Gasteiger partial charge in [0.25, 0.3) is 0 Å². The van der Waals surface area contributed by atoms with E-state index in [1.807, 2.05) is 0 Å². The standard InChI is InChI=1S/C13H21N3O2/c1-13(6-4-7-14-13)12-15-11(16-18-12)9-10-5-2-3-8-17-10/h10,14H,2-9H2,1H3. The Morgan fingerprint density at radius 1 is 1.39 bits per heavy atom. The molecule has 2 fully saturated rings. The summed E-state index contributed by atoms with van der Waals surface area (Å²) in [5.41, 5.74) is -0.126. The molecule has 1 aromatic heterocycles. The second-order valence-corrected chi connectivity index (χ2v) is 5.57. The first kappa shape index (κ1) is 12.1. The van der Waals surface area contributed by atoms with Gasteiger partial charge in [-0.1, -0.05) is 5.16 Å². The van der Waals surface area contributed by atoms with Crippen LogP contribution >= 0.6 is 0 Å². The van der Waals surface area contributed by atoms with Crippen molar-refractivity contribution in [1.82, 2.24) is 15.5 Å². The summed E-state index contributed by atoms with van der Waals surface area (Å²) >= 11 is 0. The maximum absolute atomic E-state index is 5.70. The normalized spacial score (nSPS) is 32.8. The molecule has 2 atom stereocenters. The van der Waals surface area contributed by atoms with Crippen molar-refractivity contribution < 1.29 is 9.26 Å². The van der Waals surface area contributed by atoms with Gasteiger partial charge in [-0.05, 0) is 45.6 Å². The van der Waals surface area contributed by atoms with Crippen molar-refractivity contribution in [3.05, 3.63) is 11.7 Å². The van der Waals surface area contributed by atoms with Crippen LogP contribution in [0.5, 0.6) is 0 Å². The van der Waals surface area contributed by atoms with E-state index in [1.54, 1.807) is 0 Å². The summed E-state index contributed by atoms with van der Waals surface area (Å²) in [6.45, 7) is 4.03. The zero-order valence-electron chi connectivity index (χ0n) is 10.9. The molecule has 1 aromatic rings. The van der Waals surface area contributed by atoms with Crippen LogP contribution in [-0.4, -0.2) is 29.4 Å². The predicted octanol–water partition coefficient (Wildman–Crippen LogP) is 1.78. The first-order valence-corrected chi connectivity index (χ1v) is 6.96. The maximum Gasteiger partial charge on any atom is 0.246 e. The Hall–Kier alpha value is -0.940. The van der Waals surface area contributed by atoms with Crippen LogP contribution in [0.25, 0.3) is 0 Å². The number of hydrogen-bond acceptors (Lipinski definition) is 5. The third-order valence-corrected chi connectivity index (χ3v) is 3.99. The summed E-state index contributed by atoms with van der Waals surface area (Å²) in [6.07, 6.45) is 6.81. The molecule has 0 aromatic carbocycles. The number of ether oxygens (including phenoxy) is 1. The van der Waals surface area contributed by atoms with Crippen LogP contribution in [0.1, 0.15) is 50.7 Å². The van der Waals surface area contributed by atoms with Crippen molar-refractivity contribution in [2.75, 3.05) is 13.2 Å². The van der Waals surface area contributed by atoms with E-state index >= 15 is 0 Å². The molecular weight excluding hydrogens is 230 g/mol. The molecule has 2 unspecified atom stereocenters. The Kier molecular flexibility index (Phi) is 3.35. The summed E-state index contributed by atoms with van der Waals surface area (Å²) < 4.78 is 11.1. The average molecular weight is 251 g/mol. The molecule has 0 amide bonds. The van der Waals surface area contributed by atoms with Gasteiger partial charge >= 0.3 is 0 Å². The molecule has 18 heavy (non-hydrogen) atoms. The highest BCUT2D eigenvalue weighted by Crippen LogP contribution is 2.29. The van der Waals surface area contributed by atoms with E-state index in [0.29, 0.717) is 0 Å². The number of nitrogens with one attached hydrogen (secondary N) is 1. The molecule has 5 nitrogen and oxygen atoms in total. The van der Waals surface area contributed by atoms with Crippen LogP contribution in [0.4, 0.5) is 0 Å². The summed E-state index contributed by atoms with van der Waals surface area (Å²) in [5, 5.41) is 7.53. The lowest BCUT2D eigenvalue weighted by Crippen LogP contribution is -2.33. The van der Waals surface area contributed by atoms with E-state index in [-0.39, 0.29) is 11.6 Å². The van der Waals surface area contributed by atoms with Crippen LogP contribution < -0.4 is 5.32 Å². The fourth-order valence-electron chi connectivity index (χ4n) is 2.81. The van der Waals surface area contributed by atoms with Gasteiger partial charge in [-0.2, -0.15) is 4.98 Å². The van der Waals surface area contributed by atoms with Crippen molar-refractivity contribution in [2.45, 2.75) is 57.1 Å². The van der Waals surface area contributed by atoms with E-state index in [0.717, 1.165) is 44.1 Å². The maximum atomic E-state index is 5.70. The van der Waals surface area contributed by atoms with Gasteiger partial charge in [0, 0.05) is 13.0 Å². The third kappa shape index (κ3) is 2.42. The zero-order chi connectivity index (χ0) is 12.4. The van der Waals surface area contributed by atoms with Gasteiger partial charge < -0.3 is 14.6 Å². The molecule has 1 N–H and O–H groups in total. The van der Waals surface area contributed by atoms with Crippen molar-refractivity contribution in [3.8, 4) is 0 Å². The molecule has 0 radical (unpaired) electrons. The summed E-state index contributed by atoms with van der Waals surface area (Å²) in [4.78, 5) is 4.54. The van der Waals surface area contributed by atoms with Crippen LogP contribution in [0.2, 0.25) is 0 Å². The Labute approximate surface area is 107 Å². The third-order valence-electron chi connectivity index (χ3n) is 3.99. The lowest BCUT2D eigenvalue weighted by molar-refractivity contribution is 0.0153. The van der Waals surface area contributed by atoms with Gasteiger partial charge in [0.2, 0.25) is 5.89 Å². The Morgan fingerprint density at radius 2 is 2.33 bits per heavy atom. The van der Waals surface area contributed by atoms with Crippen molar-refractivity contribution in [3.63, 3.8) is 0 Å². The Balaban J connectivity index is 1.65. The lowest BCUT2D eigenvalue weighted by atomic mass is 10.0. The van der Waals surface area contributed by atoms with Gasteiger partial charge in [-0.15, -0.1) is 0 Å². The highest BCUT2D eigenvalue weighted by atomic mass is 16.5. The predicted molar refractivity (Wildman–Crippen MR) is 66.2 cm³/mol. The molecule has 3 heterocycles. The lowest BCUT2D eigenvalue weighted by Gasteiger charge is -2.21. The number of rotatable bonds is 3. The fraction of sp³-hybridized carbons (Fsp3) is 0.846. The summed E-state index contributed by atoms with van der Waals surface area (Å²) in [6, 6.07) is 0. The van der Waals surface area contributed by atoms with E-state index in [1.165, 1.54) is 19.3 Å². The van der Waals surface area contributed by atoms with Crippen molar-refractivity contribution >= 4 is 0 Å². The van der Waals surface area contributed by atoms with Crippen molar-refractivity contribution in [2.24, 2.45) is 0 Å². The average Bonchev–Trinajstić information content (AvgIpc) is 3.01. The number of nitrogens with zero attached hydrogens (tertiary/aromatic N) is 2. The zero-order valence-corrected chi connectivity index (χ0v) is 10.9. The molecule has 0 bridgehead atoms. The number of aromatic nitrogens is 2. The molecule has 0 aliphatic carbocycles. The topological polar surface area (TPSA) is 60.2 Å². The van der Waals surface area contributed by atoms with Crippen LogP contribution in [-0.2, 0) is 16.7 Å². The van der Waals surface area contributed by atoms with E-state index in [2.05, 4.69) is 22.4 Å². The highest BCUT2D eigenvalue weighted by molar-refractivity contribution is 5.04. The van der Waals surface area contributed by atoms with E-state index < -0.39 is 0 Å². The molecule has 5 heteroatoms. The fourth-order valence-corrected chi connectivity index (χ4v) is 2.81. The number of hydrogen-bond donors (Lipinski definition) is 1. The quantitative estimate of drug-likeness (QED) is 0.887. The monoisotopic (exact) mass is 251 g/mol. The second kappa shape index (κ2) is 4.97. The minimum absolute atomic E-state index is 0.126. The molecule has 2 aliphatic rings. The molecule has 3 rings (SSSR count). The molecule has 2 saturated heterocycles. The molecule has 2 aliphatic heterocycles. The molecular formula is C13H21N3O2. The van der Waals surface area contributed by atoms with Gasteiger partial charge in [-0.3, -0.25) is 0 Å². The Bertz CT molecular complexity index is 393. The molecule has 0 spiro atoms. The smallest absolute Gasteiger partial charge is 0.246 e. The van der Waals surface area contributed by atoms with Gasteiger partial charge in [0.15, 0.2) is 5.82 Å². The van der Waals surface area contributed by atoms with Crippen LogP contribution in [0, 0.1) is 0 Å². The highest BCUT2D eigenvalue weighted by Gasteiger charge is 2.35. The van der Waals surface area contributed by atoms with E-state index in [4.69, 9.17) is 9.26 Å². The summed E-state index contributed by atoms with van der Waals surface area (Å²) in [5.74, 6) is 1.51. The first-order valence-electron chi connectivity index (χ1n) is 6.96. The largest absolute Gasteiger partial charge is 0.378 e. The van der Waals surface area contributed by atoms with Gasteiger partial charge in [-0.25, -0.2) is 0 Å². The van der Waals surface area contributed by atoms with E-state index in [9.17, 15) is 0 Å². The minimum Gasteiger partial charge on any atom is -0.378 e.